The van der Waals surface area contributed by atoms with Gasteiger partial charge in [0, 0.05) is 41.8 Å². The van der Waals surface area contributed by atoms with Gasteiger partial charge in [-0.2, -0.15) is 0 Å². The Kier molecular flexibility index (Phi) is 9.26. The molecule has 4 heteroatoms. The van der Waals surface area contributed by atoms with Crippen LogP contribution in [0.5, 0.6) is 0 Å². The van der Waals surface area contributed by atoms with Crippen molar-refractivity contribution in [3.8, 4) is 67.5 Å². The van der Waals surface area contributed by atoms with Gasteiger partial charge in [-0.3, -0.25) is 0 Å². The molecule has 12 aromatic rings. The number of fused-ring (bicyclic) bond motifs is 6. The lowest BCUT2D eigenvalue weighted by Gasteiger charge is -2.39. The lowest BCUT2D eigenvalue weighted by Crippen LogP contribution is -2.03. The molecule has 0 saturated carbocycles. The Morgan fingerprint density at radius 1 is 0.254 bits per heavy atom. The van der Waals surface area contributed by atoms with Crippen LogP contribution in [0.3, 0.4) is 0 Å². The van der Waals surface area contributed by atoms with Gasteiger partial charge in [-0.1, -0.05) is 188 Å². The first-order valence-corrected chi connectivity index (χ1v) is 24.4. The van der Waals surface area contributed by atoms with E-state index in [-0.39, 0.29) is 0 Å². The second kappa shape index (κ2) is 15.9. The van der Waals surface area contributed by atoms with Crippen molar-refractivity contribution in [2.24, 2.45) is 0 Å². The van der Waals surface area contributed by atoms with Crippen LogP contribution in [0.2, 0.25) is 0 Å². The fourth-order valence-electron chi connectivity index (χ4n) is 10.2. The maximum atomic E-state index is 5.44. The molecule has 0 saturated heterocycles. The van der Waals surface area contributed by atoms with E-state index in [1.165, 1.54) is 68.8 Å². The van der Waals surface area contributed by atoms with Crippen LogP contribution in [0.15, 0.2) is 268 Å². The Labute approximate surface area is 391 Å². The Morgan fingerprint density at radius 3 is 1.51 bits per heavy atom. The van der Waals surface area contributed by atoms with E-state index in [1.807, 2.05) is 0 Å². The average molecular weight is 872 g/mol. The summed E-state index contributed by atoms with van der Waals surface area (Å²) in [6, 6.07) is 90.0. The molecule has 1 aromatic heterocycles. The molecule has 2 heterocycles. The minimum Gasteiger partial charge on any atom is -0.208 e. The van der Waals surface area contributed by atoms with Gasteiger partial charge in [-0.25, -0.2) is 15.0 Å². The van der Waals surface area contributed by atoms with Crippen LogP contribution < -0.4 is 0 Å². The zero-order chi connectivity index (χ0) is 44.3. The van der Waals surface area contributed by atoms with Crippen molar-refractivity contribution in [2.75, 3.05) is 0 Å². The van der Waals surface area contributed by atoms with Crippen LogP contribution >= 0.6 is 10.0 Å². The van der Waals surface area contributed by atoms with Gasteiger partial charge in [0.05, 0.1) is 0 Å². The van der Waals surface area contributed by atoms with E-state index in [4.69, 9.17) is 15.0 Å². The van der Waals surface area contributed by atoms with Gasteiger partial charge in [-0.05, 0) is 121 Å². The molecule has 3 nitrogen and oxygen atoms in total. The molecule has 0 bridgehead atoms. The normalized spacial score (nSPS) is 13.1. The molecule has 1 aliphatic heterocycles. The second-order valence-electron chi connectivity index (χ2n) is 17.2. The van der Waals surface area contributed by atoms with Gasteiger partial charge in [0.15, 0.2) is 17.5 Å². The fourth-order valence-corrected chi connectivity index (χ4v) is 14.4. The number of aromatic nitrogens is 3. The smallest absolute Gasteiger partial charge is 0.164 e. The minimum atomic E-state index is -1.87. The summed E-state index contributed by atoms with van der Waals surface area (Å²) in [6.45, 7) is 0. The van der Waals surface area contributed by atoms with Crippen molar-refractivity contribution in [3.63, 3.8) is 0 Å². The maximum Gasteiger partial charge on any atom is 0.164 e. The summed E-state index contributed by atoms with van der Waals surface area (Å²) in [5.74, 6) is 1.91. The van der Waals surface area contributed by atoms with Crippen molar-refractivity contribution in [2.45, 2.75) is 19.6 Å². The number of hydrogen-bond acceptors (Lipinski definition) is 3. The monoisotopic (exact) mass is 871 g/mol. The Balaban J connectivity index is 0.971. The zero-order valence-electron chi connectivity index (χ0n) is 36.4. The van der Waals surface area contributed by atoms with Crippen molar-refractivity contribution < 1.29 is 0 Å². The molecule has 0 unspecified atom stereocenters. The third-order valence-corrected chi connectivity index (χ3v) is 17.3. The van der Waals surface area contributed by atoms with Gasteiger partial charge in [0.1, 0.15) is 0 Å². The molecule has 0 fully saturated rings. The molecular formula is C63H41N3S. The lowest BCUT2D eigenvalue weighted by atomic mass is 9.94. The second-order valence-corrected chi connectivity index (χ2v) is 20.2. The van der Waals surface area contributed by atoms with Crippen molar-refractivity contribution in [1.29, 1.82) is 0 Å². The molecular weight excluding hydrogens is 831 g/mol. The molecule has 314 valence electrons. The lowest BCUT2D eigenvalue weighted by molar-refractivity contribution is 1.07. The molecule has 11 aromatic carbocycles. The Bertz CT molecular complexity index is 3840. The van der Waals surface area contributed by atoms with E-state index < -0.39 is 10.0 Å². The minimum absolute atomic E-state index is 0.629. The number of rotatable bonds is 7. The van der Waals surface area contributed by atoms with Crippen LogP contribution in [0, 0.1) is 0 Å². The molecule has 0 amide bonds. The molecule has 0 N–H and O–H groups in total. The average Bonchev–Trinajstić information content (AvgIpc) is 3.72. The predicted octanol–water partition coefficient (Wildman–Crippen LogP) is 17.0. The summed E-state index contributed by atoms with van der Waals surface area (Å²) < 4.78 is 0. The molecule has 67 heavy (non-hydrogen) atoms. The summed E-state index contributed by atoms with van der Waals surface area (Å²) in [5.41, 5.74) is 9.94. The third kappa shape index (κ3) is 6.48. The van der Waals surface area contributed by atoms with Crippen LogP contribution in [-0.4, -0.2) is 15.0 Å². The third-order valence-electron chi connectivity index (χ3n) is 13.3. The van der Waals surface area contributed by atoms with Gasteiger partial charge in [-0.15, -0.1) is 10.0 Å². The predicted molar refractivity (Wildman–Crippen MR) is 278 cm³/mol. The van der Waals surface area contributed by atoms with Crippen molar-refractivity contribution in [3.05, 3.63) is 249 Å². The van der Waals surface area contributed by atoms with Crippen LogP contribution in [0.1, 0.15) is 0 Å². The van der Waals surface area contributed by atoms with E-state index in [9.17, 15) is 0 Å². The van der Waals surface area contributed by atoms with E-state index in [1.54, 1.807) is 0 Å². The highest BCUT2D eigenvalue weighted by molar-refractivity contribution is 8.34. The summed E-state index contributed by atoms with van der Waals surface area (Å²) >= 11 is 0. The summed E-state index contributed by atoms with van der Waals surface area (Å²) in [4.78, 5) is 21.3. The molecule has 1 aliphatic rings. The standard InChI is InChI=1S/C63H41N3S/c1-3-22-52(23-4-1)67(53-24-5-2-6-25-53)58-30-12-11-27-56(58)60-57(29-15-31-59(60)67)63-65-61(64-62(66-63)51-37-32-42-16-7-8-18-44(42)40-51)50-21-13-20-45(41-50)46-33-34-48-39-49(36-35-47(48)38-46)55-28-14-19-43-17-9-10-26-54(43)55/h1-41H. The van der Waals surface area contributed by atoms with E-state index in [0.29, 0.717) is 17.5 Å². The maximum absolute atomic E-state index is 5.44. The zero-order valence-corrected chi connectivity index (χ0v) is 37.2. The topological polar surface area (TPSA) is 38.7 Å². The SMILES string of the molecule is c1ccc(S2(c3ccccc3)c3ccccc3-c3c(-c4nc(-c5cccc(-c6ccc7cc(-c8cccc9ccccc89)ccc7c6)c5)nc(-c5ccc6ccccc6c5)n4)cccc32)cc1. The quantitative estimate of drug-likeness (QED) is 0.160. The van der Waals surface area contributed by atoms with E-state index in [2.05, 4.69) is 249 Å². The van der Waals surface area contributed by atoms with Gasteiger partial charge < -0.3 is 0 Å². The number of nitrogens with zero attached hydrogens (tertiary/aromatic N) is 3. The van der Waals surface area contributed by atoms with E-state index in [0.717, 1.165) is 33.2 Å². The van der Waals surface area contributed by atoms with Gasteiger partial charge >= 0.3 is 0 Å². The van der Waals surface area contributed by atoms with Crippen LogP contribution in [-0.2, 0) is 0 Å². The molecule has 0 atom stereocenters. The largest absolute Gasteiger partial charge is 0.208 e. The highest BCUT2D eigenvalue weighted by Crippen LogP contribution is 2.80. The van der Waals surface area contributed by atoms with Gasteiger partial charge in [0.2, 0.25) is 0 Å². The molecule has 0 aliphatic carbocycles. The van der Waals surface area contributed by atoms with E-state index >= 15 is 0 Å². The molecule has 0 radical (unpaired) electrons. The number of benzene rings is 11. The van der Waals surface area contributed by atoms with Crippen LogP contribution in [0.4, 0.5) is 0 Å². The molecule has 0 spiro atoms. The van der Waals surface area contributed by atoms with Crippen molar-refractivity contribution >= 4 is 42.3 Å². The fraction of sp³-hybridized carbons (Fsp3) is 0. The summed E-state index contributed by atoms with van der Waals surface area (Å²) in [7, 11) is -1.87. The molecule has 13 rings (SSSR count). The highest BCUT2D eigenvalue weighted by Gasteiger charge is 2.43. The Morgan fingerprint density at radius 2 is 0.716 bits per heavy atom. The first-order valence-electron chi connectivity index (χ1n) is 22.7. The Hall–Kier alpha value is -8.44. The van der Waals surface area contributed by atoms with Crippen molar-refractivity contribution in [1.82, 2.24) is 15.0 Å². The van der Waals surface area contributed by atoms with Gasteiger partial charge in [0.25, 0.3) is 0 Å². The van der Waals surface area contributed by atoms with Crippen LogP contribution in [0.25, 0.3) is 99.9 Å². The first-order chi connectivity index (χ1) is 33.2. The number of hydrogen-bond donors (Lipinski definition) is 0. The highest BCUT2D eigenvalue weighted by atomic mass is 32.3. The summed E-state index contributed by atoms with van der Waals surface area (Å²) in [6.07, 6.45) is 0. The summed E-state index contributed by atoms with van der Waals surface area (Å²) in [5, 5.41) is 7.22. The first kappa shape index (κ1) is 39.0.